The first-order valence-corrected chi connectivity index (χ1v) is 8.76. The number of nitrogens with zero attached hydrogens (tertiary/aromatic N) is 2. The number of amides is 1. The number of hydrogen-bond acceptors (Lipinski definition) is 5. The number of aromatic nitrogens is 1. The second-order valence-corrected chi connectivity index (χ2v) is 6.36. The average Bonchev–Trinajstić information content (AvgIpc) is 2.66. The fourth-order valence-electron chi connectivity index (χ4n) is 2.61. The molecular formula is C18H19BrN2O4. The van der Waals surface area contributed by atoms with E-state index in [-0.39, 0.29) is 12.0 Å². The van der Waals surface area contributed by atoms with E-state index in [0.717, 1.165) is 0 Å². The molecule has 0 bridgehead atoms. The van der Waals surface area contributed by atoms with Crippen molar-refractivity contribution in [2.75, 3.05) is 33.4 Å². The van der Waals surface area contributed by atoms with Crippen LogP contribution in [0.3, 0.4) is 0 Å². The molecule has 1 saturated heterocycles. The van der Waals surface area contributed by atoms with E-state index in [9.17, 15) is 4.79 Å². The van der Waals surface area contributed by atoms with Crippen molar-refractivity contribution in [2.24, 2.45) is 0 Å². The van der Waals surface area contributed by atoms with Crippen LogP contribution in [0.1, 0.15) is 10.5 Å². The van der Waals surface area contributed by atoms with Crippen LogP contribution in [-0.2, 0) is 4.74 Å². The lowest BCUT2D eigenvalue weighted by Crippen LogP contribution is -2.47. The normalized spacial score (nSPS) is 17.2. The summed E-state index contributed by atoms with van der Waals surface area (Å²) in [6.45, 7) is 1.82. The summed E-state index contributed by atoms with van der Waals surface area (Å²) < 4.78 is 17.4. The molecule has 1 fully saturated rings. The van der Waals surface area contributed by atoms with E-state index in [2.05, 4.69) is 20.9 Å². The Kier molecular flexibility index (Phi) is 5.88. The van der Waals surface area contributed by atoms with Crippen LogP contribution in [0, 0.1) is 0 Å². The molecule has 7 heteroatoms. The minimum absolute atomic E-state index is 0.105. The molecule has 1 atom stereocenters. The van der Waals surface area contributed by atoms with Crippen LogP contribution in [0.2, 0.25) is 0 Å². The van der Waals surface area contributed by atoms with Crippen molar-refractivity contribution in [3.05, 3.63) is 52.8 Å². The third-order valence-corrected chi connectivity index (χ3v) is 4.30. The monoisotopic (exact) mass is 406 g/mol. The number of benzene rings is 1. The standard InChI is InChI=1S/C18H19BrN2O4/c1-23-15-6-2-3-7-16(15)25-12-13-11-21(9-10-24-13)18(22)14-5-4-8-17(19)20-14/h2-8,13H,9-12H2,1H3/t13-/m1/s1. The summed E-state index contributed by atoms with van der Waals surface area (Å²) >= 11 is 3.29. The van der Waals surface area contributed by atoms with Gasteiger partial charge < -0.3 is 19.1 Å². The van der Waals surface area contributed by atoms with E-state index >= 15 is 0 Å². The van der Waals surface area contributed by atoms with Crippen molar-refractivity contribution in [1.82, 2.24) is 9.88 Å². The first-order valence-electron chi connectivity index (χ1n) is 7.96. The van der Waals surface area contributed by atoms with Gasteiger partial charge in [0.15, 0.2) is 11.5 Å². The summed E-state index contributed by atoms with van der Waals surface area (Å²) in [4.78, 5) is 18.6. The number of pyridine rings is 1. The minimum Gasteiger partial charge on any atom is -0.493 e. The maximum absolute atomic E-state index is 12.6. The van der Waals surface area contributed by atoms with Gasteiger partial charge in [0.2, 0.25) is 0 Å². The first kappa shape index (κ1) is 17.7. The number of rotatable bonds is 5. The van der Waals surface area contributed by atoms with E-state index in [4.69, 9.17) is 14.2 Å². The molecule has 0 spiro atoms. The summed E-state index contributed by atoms with van der Waals surface area (Å²) in [5.41, 5.74) is 0.417. The van der Waals surface area contributed by atoms with Gasteiger partial charge in [0, 0.05) is 6.54 Å². The molecule has 0 saturated carbocycles. The Bertz CT molecular complexity index is 741. The third-order valence-electron chi connectivity index (χ3n) is 3.85. The van der Waals surface area contributed by atoms with Crippen molar-refractivity contribution in [2.45, 2.75) is 6.10 Å². The molecule has 1 aliphatic rings. The molecule has 1 amide bonds. The number of carbonyl (C=O) groups is 1. The highest BCUT2D eigenvalue weighted by atomic mass is 79.9. The first-order chi connectivity index (χ1) is 12.2. The van der Waals surface area contributed by atoms with Gasteiger partial charge in [-0.15, -0.1) is 0 Å². The molecular weight excluding hydrogens is 388 g/mol. The molecule has 132 valence electrons. The van der Waals surface area contributed by atoms with Gasteiger partial charge >= 0.3 is 0 Å². The van der Waals surface area contributed by atoms with Crippen molar-refractivity contribution in [3.63, 3.8) is 0 Å². The molecule has 6 nitrogen and oxygen atoms in total. The molecule has 1 aromatic heterocycles. The Morgan fingerprint density at radius 3 is 2.84 bits per heavy atom. The van der Waals surface area contributed by atoms with Gasteiger partial charge in [-0.25, -0.2) is 4.98 Å². The summed E-state index contributed by atoms with van der Waals surface area (Å²) in [5, 5.41) is 0. The van der Waals surface area contributed by atoms with Crippen LogP contribution in [0.25, 0.3) is 0 Å². The van der Waals surface area contributed by atoms with Gasteiger partial charge in [0.05, 0.1) is 20.3 Å². The Morgan fingerprint density at radius 2 is 2.08 bits per heavy atom. The highest BCUT2D eigenvalue weighted by Crippen LogP contribution is 2.26. The van der Waals surface area contributed by atoms with Gasteiger partial charge in [0.25, 0.3) is 5.91 Å². The maximum Gasteiger partial charge on any atom is 0.272 e. The molecule has 2 aromatic rings. The zero-order valence-corrected chi connectivity index (χ0v) is 15.4. The molecule has 0 N–H and O–H groups in total. The van der Waals surface area contributed by atoms with Crippen LogP contribution in [0.4, 0.5) is 0 Å². The number of morpholine rings is 1. The number of para-hydroxylation sites is 2. The molecule has 25 heavy (non-hydrogen) atoms. The highest BCUT2D eigenvalue weighted by Gasteiger charge is 2.26. The van der Waals surface area contributed by atoms with Crippen molar-refractivity contribution >= 4 is 21.8 Å². The smallest absolute Gasteiger partial charge is 0.272 e. The molecule has 0 radical (unpaired) electrons. The number of hydrogen-bond donors (Lipinski definition) is 0. The minimum atomic E-state index is -0.199. The van der Waals surface area contributed by atoms with Crippen molar-refractivity contribution < 1.29 is 19.0 Å². The van der Waals surface area contributed by atoms with Crippen molar-refractivity contribution in [3.8, 4) is 11.5 Å². The third kappa shape index (κ3) is 4.49. The Morgan fingerprint density at radius 1 is 1.28 bits per heavy atom. The van der Waals surface area contributed by atoms with Gasteiger partial charge in [-0.3, -0.25) is 4.79 Å². The van der Waals surface area contributed by atoms with Crippen LogP contribution in [-0.4, -0.2) is 55.3 Å². The van der Waals surface area contributed by atoms with Crippen LogP contribution >= 0.6 is 15.9 Å². The fraction of sp³-hybridized carbons (Fsp3) is 0.333. The lowest BCUT2D eigenvalue weighted by molar-refractivity contribution is -0.0405. The van der Waals surface area contributed by atoms with E-state index < -0.39 is 0 Å². The summed E-state index contributed by atoms with van der Waals surface area (Å²) in [5.74, 6) is 1.22. The van der Waals surface area contributed by atoms with Crippen LogP contribution < -0.4 is 9.47 Å². The van der Waals surface area contributed by atoms with Crippen LogP contribution in [0.15, 0.2) is 47.1 Å². The zero-order chi connectivity index (χ0) is 17.6. The number of ether oxygens (including phenoxy) is 3. The van der Waals surface area contributed by atoms with Crippen molar-refractivity contribution in [1.29, 1.82) is 0 Å². The maximum atomic E-state index is 12.6. The summed E-state index contributed by atoms with van der Waals surface area (Å²) in [6, 6.07) is 12.8. The van der Waals surface area contributed by atoms with Gasteiger partial charge in [-0.05, 0) is 40.2 Å². The lowest BCUT2D eigenvalue weighted by atomic mass is 10.2. The predicted molar refractivity (Wildman–Crippen MR) is 96.1 cm³/mol. The van der Waals surface area contributed by atoms with E-state index in [1.807, 2.05) is 24.3 Å². The molecule has 0 aliphatic carbocycles. The van der Waals surface area contributed by atoms with Gasteiger partial charge in [0.1, 0.15) is 23.0 Å². The highest BCUT2D eigenvalue weighted by molar-refractivity contribution is 9.10. The lowest BCUT2D eigenvalue weighted by Gasteiger charge is -2.32. The second-order valence-electron chi connectivity index (χ2n) is 5.55. The van der Waals surface area contributed by atoms with Gasteiger partial charge in [-0.1, -0.05) is 18.2 Å². The topological polar surface area (TPSA) is 60.9 Å². The Labute approximate surface area is 154 Å². The summed E-state index contributed by atoms with van der Waals surface area (Å²) in [6.07, 6.45) is -0.199. The average molecular weight is 407 g/mol. The molecule has 3 rings (SSSR count). The second kappa shape index (κ2) is 8.31. The SMILES string of the molecule is COc1ccccc1OC[C@H]1CN(C(=O)c2cccc(Br)n2)CCO1. The molecule has 0 unspecified atom stereocenters. The summed E-state index contributed by atoms with van der Waals surface area (Å²) in [7, 11) is 1.60. The molecule has 1 aliphatic heterocycles. The van der Waals surface area contributed by atoms with Gasteiger partial charge in [-0.2, -0.15) is 0 Å². The number of methoxy groups -OCH3 is 1. The quantitative estimate of drug-likeness (QED) is 0.714. The largest absolute Gasteiger partial charge is 0.493 e. The van der Waals surface area contributed by atoms with E-state index in [1.165, 1.54) is 0 Å². The number of halogens is 1. The zero-order valence-electron chi connectivity index (χ0n) is 13.9. The Hall–Kier alpha value is -2.12. The van der Waals surface area contributed by atoms with E-state index in [1.54, 1.807) is 30.2 Å². The molecule has 1 aromatic carbocycles. The Balaban J connectivity index is 1.60. The predicted octanol–water partition coefficient (Wildman–Crippen LogP) is 2.77. The van der Waals surface area contributed by atoms with E-state index in [0.29, 0.717) is 48.1 Å². The fourth-order valence-corrected chi connectivity index (χ4v) is 2.96. The molecule has 2 heterocycles. The van der Waals surface area contributed by atoms with Crippen LogP contribution in [0.5, 0.6) is 11.5 Å². The number of carbonyl (C=O) groups excluding carboxylic acids is 1.